The van der Waals surface area contributed by atoms with Crippen LogP contribution in [0.1, 0.15) is 49.4 Å². The molecule has 0 bridgehead atoms. The second-order valence-corrected chi connectivity index (χ2v) is 8.47. The molecule has 144 valence electrons. The van der Waals surface area contributed by atoms with Gasteiger partial charge in [0.2, 0.25) is 6.04 Å². The van der Waals surface area contributed by atoms with Crippen LogP contribution < -0.4 is 0 Å². The number of nitrogens with zero attached hydrogens (tertiary/aromatic N) is 3. The van der Waals surface area contributed by atoms with E-state index in [4.69, 9.17) is 0 Å². The molecule has 2 aliphatic rings. The number of Topliss-reactive ketones (excluding diaryl/α,β-unsaturated/α-hetero) is 1. The number of rotatable bonds is 3. The predicted octanol–water partition coefficient (Wildman–Crippen LogP) is 3.80. The van der Waals surface area contributed by atoms with Gasteiger partial charge in [0.15, 0.2) is 5.78 Å². The summed E-state index contributed by atoms with van der Waals surface area (Å²) >= 11 is 0. The molecule has 2 aliphatic heterocycles. The smallest absolute Gasteiger partial charge is 0.248 e. The lowest BCUT2D eigenvalue weighted by atomic mass is 9.78. The summed E-state index contributed by atoms with van der Waals surface area (Å²) in [5.41, 5.74) is 1.88. The maximum absolute atomic E-state index is 13.4. The SMILES string of the molecule is CC(C)(C)C(=O)[C@@H]1[C@H](c2ccccc2)[C@@H]([N+](=O)[O-])[C@@H]2c3ccccc3C=NN12. The molecule has 4 rings (SSSR count). The zero-order valence-corrected chi connectivity index (χ0v) is 16.1. The molecular formula is C22H23N3O3. The van der Waals surface area contributed by atoms with Crippen molar-refractivity contribution in [2.45, 2.75) is 44.8 Å². The van der Waals surface area contributed by atoms with Gasteiger partial charge < -0.3 is 0 Å². The minimum Gasteiger partial charge on any atom is -0.297 e. The molecule has 1 fully saturated rings. The van der Waals surface area contributed by atoms with E-state index in [2.05, 4.69) is 5.10 Å². The van der Waals surface area contributed by atoms with Gasteiger partial charge in [-0.15, -0.1) is 0 Å². The zero-order valence-electron chi connectivity index (χ0n) is 16.1. The summed E-state index contributed by atoms with van der Waals surface area (Å²) in [6, 6.07) is 14.7. The molecule has 6 heteroatoms. The van der Waals surface area contributed by atoms with Crippen LogP contribution in [0.4, 0.5) is 0 Å². The molecule has 0 unspecified atom stereocenters. The molecule has 2 heterocycles. The van der Waals surface area contributed by atoms with Crippen molar-refractivity contribution in [3.8, 4) is 0 Å². The third kappa shape index (κ3) is 2.80. The molecule has 0 aliphatic carbocycles. The standard InChI is InChI=1S/C22H23N3O3/c1-22(2,3)21(26)20-17(14-9-5-4-6-10-14)19(25(27)28)18-16-12-8-7-11-15(16)13-23-24(18)20/h4-13,17-20H,1-3H3/t17-,18+,19-,20+/m1/s1. The van der Waals surface area contributed by atoms with E-state index in [1.807, 2.05) is 75.4 Å². The Bertz CT molecular complexity index is 949. The zero-order chi connectivity index (χ0) is 20.1. The number of fused-ring (bicyclic) bond motifs is 3. The van der Waals surface area contributed by atoms with E-state index < -0.39 is 29.5 Å². The number of ketones is 1. The number of hydrazone groups is 1. The highest BCUT2D eigenvalue weighted by atomic mass is 16.6. The monoisotopic (exact) mass is 377 g/mol. The maximum atomic E-state index is 13.4. The van der Waals surface area contributed by atoms with Crippen molar-refractivity contribution < 1.29 is 9.72 Å². The predicted molar refractivity (Wildman–Crippen MR) is 107 cm³/mol. The molecule has 28 heavy (non-hydrogen) atoms. The summed E-state index contributed by atoms with van der Waals surface area (Å²) in [4.78, 5) is 25.5. The number of hydrogen-bond donors (Lipinski definition) is 0. The molecule has 0 saturated carbocycles. The molecule has 2 aromatic rings. The van der Waals surface area contributed by atoms with Gasteiger partial charge in [-0.3, -0.25) is 19.9 Å². The van der Waals surface area contributed by atoms with E-state index in [-0.39, 0.29) is 10.7 Å². The van der Waals surface area contributed by atoms with Crippen molar-refractivity contribution in [3.63, 3.8) is 0 Å². The molecule has 2 aromatic carbocycles. The topological polar surface area (TPSA) is 75.8 Å². The molecule has 0 radical (unpaired) electrons. The lowest BCUT2D eigenvalue weighted by molar-refractivity contribution is -0.529. The maximum Gasteiger partial charge on any atom is 0.248 e. The second kappa shape index (κ2) is 6.55. The first kappa shape index (κ1) is 18.3. The summed E-state index contributed by atoms with van der Waals surface area (Å²) in [5, 5.41) is 18.5. The molecule has 0 amide bonds. The van der Waals surface area contributed by atoms with Gasteiger partial charge in [-0.05, 0) is 11.1 Å². The van der Waals surface area contributed by atoms with E-state index in [1.165, 1.54) is 0 Å². The quantitative estimate of drug-likeness (QED) is 0.602. The second-order valence-electron chi connectivity index (χ2n) is 8.47. The van der Waals surface area contributed by atoms with Gasteiger partial charge in [-0.25, -0.2) is 0 Å². The highest BCUT2D eigenvalue weighted by Gasteiger charge is 2.61. The van der Waals surface area contributed by atoms with Crippen molar-refractivity contribution in [1.29, 1.82) is 0 Å². The Hall–Kier alpha value is -3.02. The Labute approximate surface area is 164 Å². The first-order valence-electron chi connectivity index (χ1n) is 9.44. The Morgan fingerprint density at radius 2 is 1.71 bits per heavy atom. The van der Waals surface area contributed by atoms with Gasteiger partial charge in [-0.2, -0.15) is 5.10 Å². The number of nitro groups is 1. The molecular weight excluding hydrogens is 354 g/mol. The number of carbonyl (C=O) groups excluding carboxylic acids is 1. The summed E-state index contributed by atoms with van der Waals surface area (Å²) < 4.78 is 0. The normalized spacial score (nSPS) is 25.9. The number of benzene rings is 2. The fourth-order valence-corrected chi connectivity index (χ4v) is 4.40. The van der Waals surface area contributed by atoms with Gasteiger partial charge >= 0.3 is 0 Å². The number of carbonyl (C=O) groups is 1. The van der Waals surface area contributed by atoms with Gasteiger partial charge in [0.1, 0.15) is 12.1 Å². The first-order chi connectivity index (χ1) is 13.3. The fourth-order valence-electron chi connectivity index (χ4n) is 4.40. The largest absolute Gasteiger partial charge is 0.297 e. The van der Waals surface area contributed by atoms with Crippen molar-refractivity contribution in [3.05, 3.63) is 81.4 Å². The van der Waals surface area contributed by atoms with Crippen LogP contribution >= 0.6 is 0 Å². The van der Waals surface area contributed by atoms with Crippen LogP contribution in [0.5, 0.6) is 0 Å². The summed E-state index contributed by atoms with van der Waals surface area (Å²) in [5.74, 6) is -0.608. The van der Waals surface area contributed by atoms with Crippen LogP contribution in [0.15, 0.2) is 59.7 Å². The van der Waals surface area contributed by atoms with Crippen LogP contribution in [0.3, 0.4) is 0 Å². The van der Waals surface area contributed by atoms with Crippen LogP contribution in [-0.4, -0.2) is 34.0 Å². The summed E-state index contributed by atoms with van der Waals surface area (Å²) in [7, 11) is 0. The third-order valence-electron chi connectivity index (χ3n) is 5.68. The lowest BCUT2D eigenvalue weighted by Crippen LogP contribution is -2.43. The average molecular weight is 377 g/mol. The van der Waals surface area contributed by atoms with E-state index in [0.717, 1.165) is 16.7 Å². The van der Waals surface area contributed by atoms with E-state index >= 15 is 0 Å². The highest BCUT2D eigenvalue weighted by Crippen LogP contribution is 2.50. The van der Waals surface area contributed by atoms with Crippen molar-refractivity contribution in [1.82, 2.24) is 5.01 Å². The summed E-state index contributed by atoms with van der Waals surface area (Å²) in [6.45, 7) is 5.56. The minimum atomic E-state index is -0.961. The van der Waals surface area contributed by atoms with Gasteiger partial charge in [-0.1, -0.05) is 75.4 Å². The molecule has 6 nitrogen and oxygen atoms in total. The van der Waals surface area contributed by atoms with Crippen molar-refractivity contribution in [2.75, 3.05) is 0 Å². The van der Waals surface area contributed by atoms with Crippen LogP contribution in [-0.2, 0) is 4.79 Å². The third-order valence-corrected chi connectivity index (χ3v) is 5.68. The average Bonchev–Trinajstić information content (AvgIpc) is 3.03. The Balaban J connectivity index is 1.94. The molecule has 0 spiro atoms. The van der Waals surface area contributed by atoms with E-state index in [9.17, 15) is 14.9 Å². The van der Waals surface area contributed by atoms with Crippen LogP contribution in [0.25, 0.3) is 0 Å². The van der Waals surface area contributed by atoms with Crippen molar-refractivity contribution >= 4 is 12.0 Å². The molecule has 4 atom stereocenters. The molecule has 0 aromatic heterocycles. The van der Waals surface area contributed by atoms with Crippen molar-refractivity contribution in [2.24, 2.45) is 10.5 Å². The van der Waals surface area contributed by atoms with E-state index in [1.54, 1.807) is 11.2 Å². The molecule has 1 saturated heterocycles. The number of hydrogen-bond acceptors (Lipinski definition) is 5. The fraction of sp³-hybridized carbons (Fsp3) is 0.364. The van der Waals surface area contributed by atoms with Gasteiger partial charge in [0.25, 0.3) is 0 Å². The van der Waals surface area contributed by atoms with E-state index in [0.29, 0.717) is 0 Å². The first-order valence-corrected chi connectivity index (χ1v) is 9.44. The minimum absolute atomic E-state index is 0.0350. The van der Waals surface area contributed by atoms with Gasteiger partial charge in [0, 0.05) is 15.9 Å². The molecule has 0 N–H and O–H groups in total. The highest BCUT2D eigenvalue weighted by molar-refractivity contribution is 5.91. The van der Waals surface area contributed by atoms with Gasteiger partial charge in [0.05, 0.1) is 12.1 Å². The Morgan fingerprint density at radius 1 is 1.07 bits per heavy atom. The Kier molecular flexibility index (Phi) is 4.29. The van der Waals surface area contributed by atoms with Crippen LogP contribution in [0, 0.1) is 15.5 Å². The van der Waals surface area contributed by atoms with Crippen LogP contribution in [0.2, 0.25) is 0 Å². The summed E-state index contributed by atoms with van der Waals surface area (Å²) in [6.07, 6.45) is 1.71. The Morgan fingerprint density at radius 3 is 2.36 bits per heavy atom. The lowest BCUT2D eigenvalue weighted by Gasteiger charge is -2.33.